The van der Waals surface area contributed by atoms with Gasteiger partial charge in [0.25, 0.3) is 0 Å². The Kier molecular flexibility index (Phi) is 4.00. The van der Waals surface area contributed by atoms with Crippen LogP contribution in [0.1, 0.15) is 0 Å². The number of anilines is 1. The van der Waals surface area contributed by atoms with Gasteiger partial charge < -0.3 is 15.2 Å². The van der Waals surface area contributed by atoms with Gasteiger partial charge in [-0.25, -0.2) is 0 Å². The van der Waals surface area contributed by atoms with E-state index in [2.05, 4.69) is 5.32 Å². The number of aliphatic hydroxyl groups excluding tert-OH is 1. The van der Waals surface area contributed by atoms with Crippen LogP contribution in [0.3, 0.4) is 0 Å². The van der Waals surface area contributed by atoms with Crippen LogP contribution in [-0.4, -0.2) is 17.9 Å². The summed E-state index contributed by atoms with van der Waals surface area (Å²) in [5, 5.41) is 12.7. The molecular formula is C14H15NO2. The van der Waals surface area contributed by atoms with Gasteiger partial charge in [0.05, 0.1) is 0 Å². The molecule has 0 radical (unpaired) electrons. The number of rotatable bonds is 5. The third kappa shape index (κ3) is 3.81. The van der Waals surface area contributed by atoms with Crippen LogP contribution in [0, 0.1) is 0 Å². The molecule has 2 aromatic carbocycles. The van der Waals surface area contributed by atoms with Crippen molar-refractivity contribution in [3.05, 3.63) is 60.7 Å². The van der Waals surface area contributed by atoms with E-state index in [9.17, 15) is 5.11 Å². The van der Waals surface area contributed by atoms with Crippen LogP contribution >= 0.6 is 0 Å². The SMILES string of the molecule is OC(COc1ccccc1)Nc1ccccc1. The Morgan fingerprint density at radius 2 is 1.53 bits per heavy atom. The monoisotopic (exact) mass is 229 g/mol. The minimum Gasteiger partial charge on any atom is -0.489 e. The van der Waals surface area contributed by atoms with Crippen molar-refractivity contribution in [1.82, 2.24) is 0 Å². The Balaban J connectivity index is 1.80. The number of hydrogen-bond donors (Lipinski definition) is 2. The lowest BCUT2D eigenvalue weighted by Gasteiger charge is -2.15. The molecule has 2 N–H and O–H groups in total. The molecular weight excluding hydrogens is 214 g/mol. The molecule has 0 heterocycles. The van der Waals surface area contributed by atoms with E-state index >= 15 is 0 Å². The second-order valence-corrected chi connectivity index (χ2v) is 3.65. The highest BCUT2D eigenvalue weighted by Crippen LogP contribution is 2.10. The first-order chi connectivity index (χ1) is 8.34. The van der Waals surface area contributed by atoms with Crippen LogP contribution in [0.2, 0.25) is 0 Å². The number of aliphatic hydroxyl groups is 1. The van der Waals surface area contributed by atoms with Gasteiger partial charge in [0.15, 0.2) is 6.23 Å². The number of nitrogens with one attached hydrogen (secondary N) is 1. The van der Waals surface area contributed by atoms with Gasteiger partial charge in [-0.3, -0.25) is 0 Å². The molecule has 3 heteroatoms. The summed E-state index contributed by atoms with van der Waals surface area (Å²) in [5.74, 6) is 0.751. The Hall–Kier alpha value is -2.00. The molecule has 0 aliphatic carbocycles. The van der Waals surface area contributed by atoms with E-state index in [1.165, 1.54) is 0 Å². The maximum Gasteiger partial charge on any atom is 0.159 e. The fourth-order valence-corrected chi connectivity index (χ4v) is 1.46. The van der Waals surface area contributed by atoms with Crippen molar-refractivity contribution >= 4 is 5.69 Å². The molecule has 0 aromatic heterocycles. The van der Waals surface area contributed by atoms with Gasteiger partial charge in [-0.05, 0) is 24.3 Å². The lowest BCUT2D eigenvalue weighted by molar-refractivity contribution is 0.129. The zero-order valence-electron chi connectivity index (χ0n) is 9.41. The summed E-state index contributed by atoms with van der Waals surface area (Å²) >= 11 is 0. The molecule has 1 atom stereocenters. The summed E-state index contributed by atoms with van der Waals surface area (Å²) in [5.41, 5.74) is 0.872. The summed E-state index contributed by atoms with van der Waals surface area (Å²) < 4.78 is 5.43. The predicted octanol–water partition coefficient (Wildman–Crippen LogP) is 2.50. The van der Waals surface area contributed by atoms with Crippen molar-refractivity contribution in [2.75, 3.05) is 11.9 Å². The molecule has 2 aromatic rings. The van der Waals surface area contributed by atoms with Gasteiger partial charge in [-0.15, -0.1) is 0 Å². The number of benzene rings is 2. The maximum atomic E-state index is 9.73. The highest BCUT2D eigenvalue weighted by Gasteiger charge is 2.04. The second kappa shape index (κ2) is 5.92. The van der Waals surface area contributed by atoms with Gasteiger partial charge in [-0.1, -0.05) is 36.4 Å². The van der Waals surface area contributed by atoms with Crippen LogP contribution < -0.4 is 10.1 Å². The standard InChI is InChI=1S/C14H15NO2/c16-14(15-12-7-3-1-4-8-12)11-17-13-9-5-2-6-10-13/h1-10,14-16H,11H2. The van der Waals surface area contributed by atoms with Crippen LogP contribution in [0.15, 0.2) is 60.7 Å². The minimum absolute atomic E-state index is 0.207. The first-order valence-corrected chi connectivity index (χ1v) is 5.52. The molecule has 0 saturated carbocycles. The van der Waals surface area contributed by atoms with Gasteiger partial charge in [-0.2, -0.15) is 0 Å². The van der Waals surface area contributed by atoms with Crippen LogP contribution in [-0.2, 0) is 0 Å². The molecule has 0 aliphatic rings. The van der Waals surface area contributed by atoms with Crippen molar-refractivity contribution in [3.8, 4) is 5.75 Å². The van der Waals surface area contributed by atoms with Crippen LogP contribution in [0.5, 0.6) is 5.75 Å². The average Bonchev–Trinajstić information content (AvgIpc) is 2.39. The van der Waals surface area contributed by atoms with Crippen molar-refractivity contribution in [2.24, 2.45) is 0 Å². The zero-order chi connectivity index (χ0) is 11.9. The van der Waals surface area contributed by atoms with Crippen LogP contribution in [0.4, 0.5) is 5.69 Å². The first kappa shape index (κ1) is 11.5. The van der Waals surface area contributed by atoms with Gasteiger partial charge in [0, 0.05) is 5.69 Å². The maximum absolute atomic E-state index is 9.73. The summed E-state index contributed by atoms with van der Waals surface area (Å²) in [4.78, 5) is 0. The van der Waals surface area contributed by atoms with E-state index in [1.807, 2.05) is 60.7 Å². The molecule has 3 nitrogen and oxygen atoms in total. The third-order valence-corrected chi connectivity index (χ3v) is 2.26. The molecule has 0 spiro atoms. The lowest BCUT2D eigenvalue weighted by atomic mass is 10.3. The molecule has 0 amide bonds. The Morgan fingerprint density at radius 1 is 0.941 bits per heavy atom. The quantitative estimate of drug-likeness (QED) is 0.774. The van der Waals surface area contributed by atoms with E-state index in [0.717, 1.165) is 11.4 Å². The average molecular weight is 229 g/mol. The molecule has 0 saturated heterocycles. The molecule has 1 unspecified atom stereocenters. The summed E-state index contributed by atoms with van der Waals surface area (Å²) in [6.45, 7) is 0.207. The van der Waals surface area contributed by atoms with Gasteiger partial charge >= 0.3 is 0 Å². The van der Waals surface area contributed by atoms with Crippen molar-refractivity contribution in [1.29, 1.82) is 0 Å². The molecule has 0 aliphatic heterocycles. The lowest BCUT2D eigenvalue weighted by Crippen LogP contribution is -2.26. The fourth-order valence-electron chi connectivity index (χ4n) is 1.46. The largest absolute Gasteiger partial charge is 0.489 e. The van der Waals surface area contributed by atoms with E-state index in [-0.39, 0.29) is 6.61 Å². The zero-order valence-corrected chi connectivity index (χ0v) is 9.41. The Labute approximate surface area is 101 Å². The molecule has 0 fully saturated rings. The predicted molar refractivity (Wildman–Crippen MR) is 68.0 cm³/mol. The van der Waals surface area contributed by atoms with Crippen LogP contribution in [0.25, 0.3) is 0 Å². The van der Waals surface area contributed by atoms with E-state index in [0.29, 0.717) is 0 Å². The van der Waals surface area contributed by atoms with E-state index < -0.39 is 6.23 Å². The Bertz CT molecular complexity index is 430. The normalized spacial score (nSPS) is 11.8. The number of hydrogen-bond acceptors (Lipinski definition) is 3. The Morgan fingerprint density at radius 3 is 2.18 bits per heavy atom. The number of para-hydroxylation sites is 2. The highest BCUT2D eigenvalue weighted by molar-refractivity contribution is 5.42. The second-order valence-electron chi connectivity index (χ2n) is 3.65. The van der Waals surface area contributed by atoms with E-state index in [1.54, 1.807) is 0 Å². The van der Waals surface area contributed by atoms with Crippen molar-refractivity contribution in [2.45, 2.75) is 6.23 Å². The van der Waals surface area contributed by atoms with E-state index in [4.69, 9.17) is 4.74 Å². The molecule has 88 valence electrons. The molecule has 0 bridgehead atoms. The molecule has 17 heavy (non-hydrogen) atoms. The number of ether oxygens (including phenoxy) is 1. The fraction of sp³-hybridized carbons (Fsp3) is 0.143. The minimum atomic E-state index is -0.724. The van der Waals surface area contributed by atoms with Gasteiger partial charge in [0.2, 0.25) is 0 Å². The third-order valence-electron chi connectivity index (χ3n) is 2.26. The summed E-state index contributed by atoms with van der Waals surface area (Å²) in [6.07, 6.45) is -0.724. The van der Waals surface area contributed by atoms with Gasteiger partial charge in [0.1, 0.15) is 12.4 Å². The van der Waals surface area contributed by atoms with Crippen molar-refractivity contribution < 1.29 is 9.84 Å². The summed E-state index contributed by atoms with van der Waals surface area (Å²) in [7, 11) is 0. The molecule has 2 rings (SSSR count). The highest BCUT2D eigenvalue weighted by atomic mass is 16.5. The smallest absolute Gasteiger partial charge is 0.159 e. The van der Waals surface area contributed by atoms with Crippen molar-refractivity contribution in [3.63, 3.8) is 0 Å². The topological polar surface area (TPSA) is 41.5 Å². The first-order valence-electron chi connectivity index (χ1n) is 5.52. The summed E-state index contributed by atoms with van der Waals surface area (Å²) in [6, 6.07) is 19.0.